The Hall–Kier alpha value is -3.91. The first kappa shape index (κ1) is 24.2. The molecule has 4 rings (SSSR count). The van der Waals surface area contributed by atoms with Gasteiger partial charge in [0.05, 0.1) is 6.61 Å². The minimum atomic E-state index is -0.543. The number of hydrogen-bond donors (Lipinski definition) is 1. The number of aliphatic imine (C=N–C) groups is 1. The molecule has 0 unspecified atom stereocenters. The number of anilines is 1. The van der Waals surface area contributed by atoms with E-state index in [9.17, 15) is 9.59 Å². The molecule has 1 heterocycles. The van der Waals surface area contributed by atoms with Crippen molar-refractivity contribution in [1.82, 2.24) is 0 Å². The van der Waals surface area contributed by atoms with Crippen LogP contribution in [0.5, 0.6) is 11.5 Å². The van der Waals surface area contributed by atoms with Crippen LogP contribution in [0.4, 0.5) is 5.69 Å². The van der Waals surface area contributed by atoms with Crippen LogP contribution in [-0.2, 0) is 20.9 Å². The Kier molecular flexibility index (Phi) is 7.62. The van der Waals surface area contributed by atoms with Gasteiger partial charge in [0.2, 0.25) is 11.8 Å². The van der Waals surface area contributed by atoms with Gasteiger partial charge in [-0.05, 0) is 72.7 Å². The molecule has 1 N–H and O–H groups in total. The molecule has 7 nitrogen and oxygen atoms in total. The first-order valence-corrected chi connectivity index (χ1v) is 11.8. The number of cyclic esters (lactones) is 1. The highest BCUT2D eigenvalue weighted by atomic mass is 79.9. The zero-order valence-electron chi connectivity index (χ0n) is 19.2. The lowest BCUT2D eigenvalue weighted by atomic mass is 10.1. The van der Waals surface area contributed by atoms with E-state index in [1.807, 2.05) is 37.3 Å². The van der Waals surface area contributed by atoms with Crippen molar-refractivity contribution in [1.29, 1.82) is 0 Å². The van der Waals surface area contributed by atoms with E-state index in [2.05, 4.69) is 26.2 Å². The summed E-state index contributed by atoms with van der Waals surface area (Å²) in [5, 5.41) is 2.69. The highest BCUT2D eigenvalue weighted by Crippen LogP contribution is 2.31. The number of esters is 1. The molecule has 178 valence electrons. The van der Waals surface area contributed by atoms with Crippen LogP contribution in [0.3, 0.4) is 0 Å². The third-order valence-electron chi connectivity index (χ3n) is 4.93. The Morgan fingerprint density at radius 1 is 1.06 bits per heavy atom. The van der Waals surface area contributed by atoms with Gasteiger partial charge in [0.1, 0.15) is 6.61 Å². The quantitative estimate of drug-likeness (QED) is 0.294. The molecule has 3 aromatic carbocycles. The normalized spacial score (nSPS) is 13.9. The molecule has 3 aromatic rings. The van der Waals surface area contributed by atoms with Crippen molar-refractivity contribution in [3.8, 4) is 11.5 Å². The van der Waals surface area contributed by atoms with Crippen molar-refractivity contribution in [3.63, 3.8) is 0 Å². The number of ether oxygens (including phenoxy) is 3. The Bertz CT molecular complexity index is 1320. The monoisotopic (exact) mass is 534 g/mol. The van der Waals surface area contributed by atoms with Crippen molar-refractivity contribution in [2.24, 2.45) is 4.99 Å². The largest absolute Gasteiger partial charge is 0.490 e. The van der Waals surface area contributed by atoms with E-state index in [0.29, 0.717) is 36.0 Å². The van der Waals surface area contributed by atoms with E-state index in [4.69, 9.17) is 14.2 Å². The van der Waals surface area contributed by atoms with Crippen LogP contribution in [0, 0.1) is 0 Å². The Morgan fingerprint density at radius 2 is 1.86 bits per heavy atom. The second-order valence-electron chi connectivity index (χ2n) is 7.65. The van der Waals surface area contributed by atoms with E-state index >= 15 is 0 Å². The van der Waals surface area contributed by atoms with Crippen molar-refractivity contribution in [3.05, 3.63) is 93.6 Å². The smallest absolute Gasteiger partial charge is 0.363 e. The maximum atomic E-state index is 12.4. The van der Waals surface area contributed by atoms with Gasteiger partial charge in [0.15, 0.2) is 17.2 Å². The third-order valence-corrected chi connectivity index (χ3v) is 5.42. The zero-order valence-corrected chi connectivity index (χ0v) is 20.8. The fourth-order valence-electron chi connectivity index (χ4n) is 3.38. The number of hydrogen-bond acceptors (Lipinski definition) is 6. The topological polar surface area (TPSA) is 86.2 Å². The second-order valence-corrected chi connectivity index (χ2v) is 8.57. The van der Waals surface area contributed by atoms with E-state index in [1.165, 1.54) is 6.92 Å². The van der Waals surface area contributed by atoms with E-state index in [-0.39, 0.29) is 17.5 Å². The van der Waals surface area contributed by atoms with Crippen molar-refractivity contribution >= 4 is 45.5 Å². The molecule has 1 amide bonds. The van der Waals surface area contributed by atoms with Gasteiger partial charge in [-0.1, -0.05) is 34.1 Å². The maximum absolute atomic E-state index is 12.4. The molecular formula is C27H23BrN2O5. The molecule has 0 spiro atoms. The number of benzene rings is 3. The number of nitrogens with zero attached hydrogens (tertiary/aromatic N) is 1. The van der Waals surface area contributed by atoms with Crippen LogP contribution in [0.15, 0.2) is 81.9 Å². The highest BCUT2D eigenvalue weighted by molar-refractivity contribution is 9.10. The average molecular weight is 535 g/mol. The van der Waals surface area contributed by atoms with Crippen LogP contribution in [0.2, 0.25) is 0 Å². The molecule has 0 aromatic heterocycles. The first-order chi connectivity index (χ1) is 16.9. The lowest BCUT2D eigenvalue weighted by Gasteiger charge is -2.13. The standard InChI is InChI=1S/C27H23BrN2O5/c1-3-33-25-15-18(7-12-24(25)34-16-19-5-4-6-21(28)13-19)14-23-27(32)35-26(30-23)20-8-10-22(11-9-20)29-17(2)31/h4-15H,3,16H2,1-2H3,(H,29,31)/b23-14-. The summed E-state index contributed by atoms with van der Waals surface area (Å²) < 4.78 is 18.1. The Morgan fingerprint density at radius 3 is 2.57 bits per heavy atom. The molecule has 0 saturated carbocycles. The SMILES string of the molecule is CCOc1cc(/C=C2\N=C(c3ccc(NC(C)=O)cc3)OC2=O)ccc1OCc1cccc(Br)c1. The molecule has 0 bridgehead atoms. The average Bonchev–Trinajstić information content (AvgIpc) is 3.19. The van der Waals surface area contributed by atoms with Crippen molar-refractivity contribution in [2.45, 2.75) is 20.5 Å². The predicted molar refractivity (Wildman–Crippen MR) is 137 cm³/mol. The summed E-state index contributed by atoms with van der Waals surface area (Å²) in [6.45, 7) is 4.18. The van der Waals surface area contributed by atoms with Gasteiger partial charge in [-0.3, -0.25) is 4.79 Å². The summed E-state index contributed by atoms with van der Waals surface area (Å²) in [4.78, 5) is 28.0. The molecule has 8 heteroatoms. The van der Waals surface area contributed by atoms with Gasteiger partial charge in [-0.15, -0.1) is 0 Å². The first-order valence-electron chi connectivity index (χ1n) is 11.0. The zero-order chi connectivity index (χ0) is 24.8. The van der Waals surface area contributed by atoms with Crippen LogP contribution in [-0.4, -0.2) is 24.4 Å². The fourth-order valence-corrected chi connectivity index (χ4v) is 3.83. The molecule has 0 saturated heterocycles. The number of carbonyl (C=O) groups is 2. The molecule has 35 heavy (non-hydrogen) atoms. The van der Waals surface area contributed by atoms with Gasteiger partial charge >= 0.3 is 5.97 Å². The van der Waals surface area contributed by atoms with Gasteiger partial charge in [0, 0.05) is 22.6 Å². The van der Waals surface area contributed by atoms with Crippen LogP contribution >= 0.6 is 15.9 Å². The third kappa shape index (κ3) is 6.36. The van der Waals surface area contributed by atoms with Crippen molar-refractivity contribution in [2.75, 3.05) is 11.9 Å². The van der Waals surface area contributed by atoms with Gasteiger partial charge in [0.25, 0.3) is 0 Å². The van der Waals surface area contributed by atoms with Crippen LogP contribution in [0.25, 0.3) is 6.08 Å². The lowest BCUT2D eigenvalue weighted by molar-refractivity contribution is -0.129. The second kappa shape index (κ2) is 11.0. The summed E-state index contributed by atoms with van der Waals surface area (Å²) >= 11 is 3.46. The predicted octanol–water partition coefficient (Wildman–Crippen LogP) is 5.73. The minimum Gasteiger partial charge on any atom is -0.490 e. The summed E-state index contributed by atoms with van der Waals surface area (Å²) in [5.74, 6) is 0.671. The molecule has 1 aliphatic rings. The molecule has 0 fully saturated rings. The van der Waals surface area contributed by atoms with Crippen LogP contribution < -0.4 is 14.8 Å². The summed E-state index contributed by atoms with van der Waals surface area (Å²) in [5.41, 5.74) is 3.20. The summed E-state index contributed by atoms with van der Waals surface area (Å²) in [7, 11) is 0. The van der Waals surface area contributed by atoms with E-state index in [1.54, 1.807) is 42.5 Å². The molecular weight excluding hydrogens is 512 g/mol. The highest BCUT2D eigenvalue weighted by Gasteiger charge is 2.24. The summed E-state index contributed by atoms with van der Waals surface area (Å²) in [6, 6.07) is 20.2. The Labute approximate surface area is 211 Å². The van der Waals surface area contributed by atoms with Gasteiger partial charge < -0.3 is 19.5 Å². The molecule has 1 aliphatic heterocycles. The molecule has 0 aliphatic carbocycles. The maximum Gasteiger partial charge on any atom is 0.363 e. The number of amides is 1. The molecule has 0 atom stereocenters. The van der Waals surface area contributed by atoms with Gasteiger partial charge in [-0.2, -0.15) is 0 Å². The summed E-state index contributed by atoms with van der Waals surface area (Å²) in [6.07, 6.45) is 1.64. The Balaban J connectivity index is 1.52. The fraction of sp³-hybridized carbons (Fsp3) is 0.148. The van der Waals surface area contributed by atoms with Crippen LogP contribution in [0.1, 0.15) is 30.5 Å². The molecule has 0 radical (unpaired) electrons. The lowest BCUT2D eigenvalue weighted by Crippen LogP contribution is -2.07. The minimum absolute atomic E-state index is 0.163. The van der Waals surface area contributed by atoms with E-state index < -0.39 is 5.97 Å². The van der Waals surface area contributed by atoms with Crippen molar-refractivity contribution < 1.29 is 23.8 Å². The number of nitrogens with one attached hydrogen (secondary N) is 1. The van der Waals surface area contributed by atoms with E-state index in [0.717, 1.165) is 15.6 Å². The number of halogens is 1. The number of carbonyl (C=O) groups excluding carboxylic acids is 2. The number of rotatable bonds is 8. The van der Waals surface area contributed by atoms with Gasteiger partial charge in [-0.25, -0.2) is 9.79 Å².